The lowest BCUT2D eigenvalue weighted by molar-refractivity contribution is -0.119. The van der Waals surface area contributed by atoms with Crippen molar-refractivity contribution in [1.29, 1.82) is 0 Å². The average Bonchev–Trinajstić information content (AvgIpc) is 2.27. The van der Waals surface area contributed by atoms with Crippen LogP contribution in [0.1, 0.15) is 18.4 Å². The third-order valence-corrected chi connectivity index (χ3v) is 2.59. The van der Waals surface area contributed by atoms with E-state index in [4.69, 9.17) is 5.73 Å². The molecule has 3 heteroatoms. The molecule has 2 N–H and O–H groups in total. The van der Waals surface area contributed by atoms with Crippen molar-refractivity contribution in [3.63, 3.8) is 0 Å². The number of nitrogens with zero attached hydrogens (tertiary/aromatic N) is 1. The third kappa shape index (κ3) is 1.81. The van der Waals surface area contributed by atoms with E-state index in [0.29, 0.717) is 0 Å². The van der Waals surface area contributed by atoms with Gasteiger partial charge in [0.25, 0.3) is 0 Å². The molecule has 0 spiro atoms. The largest absolute Gasteiger partial charge is 0.369 e. The predicted octanol–water partition coefficient (Wildman–Crippen LogP) is 1.82. The van der Waals surface area contributed by atoms with E-state index in [0.717, 1.165) is 16.3 Å². The van der Waals surface area contributed by atoms with Gasteiger partial charge < -0.3 is 5.73 Å². The molecule has 2 rings (SSSR count). The lowest BCUT2D eigenvalue weighted by Gasteiger charge is -2.08. The molecule has 0 radical (unpaired) electrons. The number of aromatic nitrogens is 1. The maximum absolute atomic E-state index is 11.0. The Balaban J connectivity index is 2.51. The summed E-state index contributed by atoms with van der Waals surface area (Å²) in [6, 6.07) is 7.77. The molecule has 0 aliphatic rings. The van der Waals surface area contributed by atoms with Crippen molar-refractivity contribution in [3.05, 3.63) is 42.2 Å². The van der Waals surface area contributed by atoms with Gasteiger partial charge in [0.2, 0.25) is 5.91 Å². The molecule has 0 aliphatic carbocycles. The number of amides is 1. The zero-order chi connectivity index (χ0) is 10.8. The minimum Gasteiger partial charge on any atom is -0.369 e. The predicted molar refractivity (Wildman–Crippen MR) is 59.4 cm³/mol. The summed E-state index contributed by atoms with van der Waals surface area (Å²) in [5.41, 5.74) is 6.21. The van der Waals surface area contributed by atoms with Crippen molar-refractivity contribution < 1.29 is 4.79 Å². The van der Waals surface area contributed by atoms with Gasteiger partial charge in [-0.2, -0.15) is 0 Å². The van der Waals surface area contributed by atoms with Gasteiger partial charge in [0.15, 0.2) is 0 Å². The van der Waals surface area contributed by atoms with Gasteiger partial charge in [-0.05, 0) is 23.9 Å². The smallest absolute Gasteiger partial charge is 0.224 e. The molecule has 1 heterocycles. The second-order valence-electron chi connectivity index (χ2n) is 3.61. The number of carbonyl (C=O) groups excluding carboxylic acids is 1. The van der Waals surface area contributed by atoms with Gasteiger partial charge >= 0.3 is 0 Å². The lowest BCUT2D eigenvalue weighted by atomic mass is 9.98. The lowest BCUT2D eigenvalue weighted by Crippen LogP contribution is -2.18. The first-order valence-electron chi connectivity index (χ1n) is 4.81. The van der Waals surface area contributed by atoms with Crippen LogP contribution in [-0.2, 0) is 4.79 Å². The van der Waals surface area contributed by atoms with Crippen molar-refractivity contribution in [2.24, 2.45) is 5.73 Å². The molecule has 1 aromatic heterocycles. The second kappa shape index (κ2) is 3.69. The Labute approximate surface area is 87.9 Å². The van der Waals surface area contributed by atoms with E-state index in [9.17, 15) is 4.79 Å². The summed E-state index contributed by atoms with van der Waals surface area (Å²) in [6.45, 7) is 1.81. The summed E-state index contributed by atoms with van der Waals surface area (Å²) in [4.78, 5) is 15.1. The fraction of sp³-hybridized carbons (Fsp3) is 0.167. The minimum absolute atomic E-state index is 0.248. The number of nitrogens with two attached hydrogens (primary N) is 1. The first-order chi connectivity index (χ1) is 7.18. The van der Waals surface area contributed by atoms with Crippen LogP contribution in [0.4, 0.5) is 0 Å². The Bertz CT molecular complexity index is 508. The zero-order valence-electron chi connectivity index (χ0n) is 8.47. The van der Waals surface area contributed by atoms with E-state index in [-0.39, 0.29) is 11.8 Å². The summed E-state index contributed by atoms with van der Waals surface area (Å²) < 4.78 is 0. The van der Waals surface area contributed by atoms with Crippen LogP contribution in [0.5, 0.6) is 0 Å². The highest BCUT2D eigenvalue weighted by Crippen LogP contribution is 2.20. The van der Waals surface area contributed by atoms with Crippen molar-refractivity contribution in [2.75, 3.05) is 0 Å². The standard InChI is InChI=1S/C12H12N2O/c1-8(12(13)15)9-2-3-11-7-14-5-4-10(11)6-9/h2-8H,1H3,(H2,13,15). The molecule has 2 aromatic rings. The topological polar surface area (TPSA) is 56.0 Å². The highest BCUT2D eigenvalue weighted by Gasteiger charge is 2.11. The zero-order valence-corrected chi connectivity index (χ0v) is 8.47. The first kappa shape index (κ1) is 9.65. The average molecular weight is 200 g/mol. The van der Waals surface area contributed by atoms with Crippen LogP contribution in [0.15, 0.2) is 36.7 Å². The second-order valence-corrected chi connectivity index (χ2v) is 3.61. The molecule has 15 heavy (non-hydrogen) atoms. The SMILES string of the molecule is CC(C(N)=O)c1ccc2cnccc2c1. The molecule has 1 aromatic carbocycles. The van der Waals surface area contributed by atoms with E-state index in [1.54, 1.807) is 12.4 Å². The number of rotatable bonds is 2. The summed E-state index contributed by atoms with van der Waals surface area (Å²) in [5, 5.41) is 2.15. The highest BCUT2D eigenvalue weighted by atomic mass is 16.1. The molecule has 1 unspecified atom stereocenters. The fourth-order valence-electron chi connectivity index (χ4n) is 1.54. The Morgan fingerprint density at radius 3 is 2.87 bits per heavy atom. The van der Waals surface area contributed by atoms with E-state index in [1.165, 1.54) is 0 Å². The van der Waals surface area contributed by atoms with Crippen LogP contribution in [0.25, 0.3) is 10.8 Å². The monoisotopic (exact) mass is 200 g/mol. The molecular weight excluding hydrogens is 188 g/mol. The van der Waals surface area contributed by atoms with Crippen LogP contribution in [-0.4, -0.2) is 10.9 Å². The molecular formula is C12H12N2O. The van der Waals surface area contributed by atoms with Crippen LogP contribution < -0.4 is 5.73 Å². The van der Waals surface area contributed by atoms with Gasteiger partial charge in [0.05, 0.1) is 5.92 Å². The minimum atomic E-state index is -0.302. The molecule has 3 nitrogen and oxygen atoms in total. The molecule has 76 valence electrons. The Kier molecular flexibility index (Phi) is 2.37. The summed E-state index contributed by atoms with van der Waals surface area (Å²) in [7, 11) is 0. The number of hydrogen-bond acceptors (Lipinski definition) is 2. The van der Waals surface area contributed by atoms with Gasteiger partial charge in [0, 0.05) is 17.8 Å². The van der Waals surface area contributed by atoms with E-state index < -0.39 is 0 Å². The maximum Gasteiger partial charge on any atom is 0.224 e. The van der Waals surface area contributed by atoms with Crippen molar-refractivity contribution >= 4 is 16.7 Å². The summed E-state index contributed by atoms with van der Waals surface area (Å²) in [5.74, 6) is -0.550. The van der Waals surface area contributed by atoms with Crippen LogP contribution in [0.2, 0.25) is 0 Å². The Morgan fingerprint density at radius 1 is 1.33 bits per heavy atom. The van der Waals surface area contributed by atoms with E-state index >= 15 is 0 Å². The van der Waals surface area contributed by atoms with Crippen molar-refractivity contribution in [1.82, 2.24) is 4.98 Å². The molecule has 1 amide bonds. The van der Waals surface area contributed by atoms with E-state index in [1.807, 2.05) is 31.2 Å². The quantitative estimate of drug-likeness (QED) is 0.803. The number of carbonyl (C=O) groups is 1. The maximum atomic E-state index is 11.0. The van der Waals surface area contributed by atoms with Gasteiger partial charge in [-0.3, -0.25) is 9.78 Å². The number of pyridine rings is 1. The van der Waals surface area contributed by atoms with E-state index in [2.05, 4.69) is 4.98 Å². The number of benzene rings is 1. The Morgan fingerprint density at radius 2 is 2.13 bits per heavy atom. The highest BCUT2D eigenvalue weighted by molar-refractivity contribution is 5.86. The van der Waals surface area contributed by atoms with Crippen LogP contribution in [0.3, 0.4) is 0 Å². The summed E-state index contributed by atoms with van der Waals surface area (Å²) in [6.07, 6.45) is 3.54. The fourth-order valence-corrected chi connectivity index (χ4v) is 1.54. The Hall–Kier alpha value is -1.90. The van der Waals surface area contributed by atoms with Gasteiger partial charge in [-0.25, -0.2) is 0 Å². The first-order valence-corrected chi connectivity index (χ1v) is 4.81. The van der Waals surface area contributed by atoms with Crippen molar-refractivity contribution in [2.45, 2.75) is 12.8 Å². The summed E-state index contributed by atoms with van der Waals surface area (Å²) >= 11 is 0. The van der Waals surface area contributed by atoms with Gasteiger partial charge in [0.1, 0.15) is 0 Å². The molecule has 0 saturated heterocycles. The molecule has 0 bridgehead atoms. The molecule has 1 atom stereocenters. The number of fused-ring (bicyclic) bond motifs is 1. The molecule has 0 saturated carbocycles. The van der Waals surface area contributed by atoms with Crippen molar-refractivity contribution in [3.8, 4) is 0 Å². The third-order valence-electron chi connectivity index (χ3n) is 2.59. The normalized spacial score (nSPS) is 12.6. The van der Waals surface area contributed by atoms with Gasteiger partial charge in [-0.15, -0.1) is 0 Å². The molecule has 0 fully saturated rings. The number of hydrogen-bond donors (Lipinski definition) is 1. The molecule has 0 aliphatic heterocycles. The van der Waals surface area contributed by atoms with Gasteiger partial charge in [-0.1, -0.05) is 18.2 Å². The van der Waals surface area contributed by atoms with Crippen LogP contribution >= 0.6 is 0 Å². The number of primary amides is 1. The van der Waals surface area contributed by atoms with Crippen LogP contribution in [0, 0.1) is 0 Å².